The number of aromatic nitrogens is 6. The predicted molar refractivity (Wildman–Crippen MR) is 146 cm³/mol. The molecule has 8 rings (SSSR count). The van der Waals surface area contributed by atoms with Crippen molar-refractivity contribution in [3.63, 3.8) is 0 Å². The van der Waals surface area contributed by atoms with Gasteiger partial charge in [0.2, 0.25) is 5.88 Å². The van der Waals surface area contributed by atoms with E-state index in [9.17, 15) is 5.26 Å². The van der Waals surface area contributed by atoms with Crippen LogP contribution in [0.25, 0.3) is 27.8 Å². The molecule has 2 atom stereocenters. The monoisotopic (exact) mass is 519 g/mol. The molecular formula is C29H27N9O. The summed E-state index contributed by atoms with van der Waals surface area (Å²) in [6.45, 7) is -0.244. The van der Waals surface area contributed by atoms with Crippen molar-refractivity contribution in [3.8, 4) is 34.2 Å². The Balaban J connectivity index is 1.14. The zero-order valence-electron chi connectivity index (χ0n) is 23.6. The van der Waals surface area contributed by atoms with Gasteiger partial charge in [-0.2, -0.15) is 15.5 Å². The van der Waals surface area contributed by atoms with Crippen LogP contribution in [0.2, 0.25) is 0 Å². The van der Waals surface area contributed by atoms with E-state index in [0.717, 1.165) is 40.0 Å². The Morgan fingerprint density at radius 2 is 1.87 bits per heavy atom. The number of hydrogen-bond donors (Lipinski definition) is 0. The van der Waals surface area contributed by atoms with Gasteiger partial charge in [-0.1, -0.05) is 6.07 Å². The fourth-order valence-corrected chi connectivity index (χ4v) is 5.58. The van der Waals surface area contributed by atoms with E-state index in [1.165, 1.54) is 0 Å². The van der Waals surface area contributed by atoms with Crippen LogP contribution in [-0.2, 0) is 13.5 Å². The standard InChI is InChI=1S/C29H27N9O/c1-35-15-23(13-33-35)21-7-26(29-22(9-30)12-34-38(29)16-21)20-4-5-27(31-11-20)36-17-24-8-25(18-36)37(24)14-19-3-6-28(39-2)32-10-19/h3-7,10-13,15-16,24-25H,8,14,17-18H2,1-2H3/i14D2. The molecule has 5 aromatic heterocycles. The second kappa shape index (κ2) is 9.22. The van der Waals surface area contributed by atoms with E-state index in [0.29, 0.717) is 30.1 Å². The summed E-state index contributed by atoms with van der Waals surface area (Å²) in [4.78, 5) is 13.2. The van der Waals surface area contributed by atoms with Crippen molar-refractivity contribution >= 4 is 11.3 Å². The minimum absolute atomic E-state index is 0.0769. The highest BCUT2D eigenvalue weighted by molar-refractivity contribution is 5.87. The molecule has 0 amide bonds. The molecule has 3 saturated heterocycles. The second-order valence-electron chi connectivity index (χ2n) is 9.97. The normalized spacial score (nSPS) is 19.8. The van der Waals surface area contributed by atoms with Crippen molar-refractivity contribution in [1.29, 1.82) is 5.26 Å². The Morgan fingerprint density at radius 1 is 1.00 bits per heavy atom. The molecule has 0 saturated carbocycles. The smallest absolute Gasteiger partial charge is 0.212 e. The highest BCUT2D eigenvalue weighted by Gasteiger charge is 2.44. The van der Waals surface area contributed by atoms with Crippen LogP contribution >= 0.6 is 0 Å². The third kappa shape index (κ3) is 4.08. The molecule has 0 radical (unpaired) electrons. The molecule has 0 N–H and O–H groups in total. The Bertz CT molecular complexity index is 1780. The Labute approximate surface area is 228 Å². The van der Waals surface area contributed by atoms with Crippen LogP contribution in [0.15, 0.2) is 67.5 Å². The lowest BCUT2D eigenvalue weighted by molar-refractivity contribution is -0.00876. The number of methoxy groups -OCH3 is 1. The minimum atomic E-state index is -1.62. The second-order valence-corrected chi connectivity index (χ2v) is 9.97. The number of nitriles is 1. The fourth-order valence-electron chi connectivity index (χ4n) is 5.58. The largest absolute Gasteiger partial charge is 0.481 e. The Hall–Kier alpha value is -4.75. The summed E-state index contributed by atoms with van der Waals surface area (Å²) >= 11 is 0. The quantitative estimate of drug-likeness (QED) is 0.336. The van der Waals surface area contributed by atoms with E-state index in [1.54, 1.807) is 47.0 Å². The molecule has 8 heterocycles. The molecule has 3 aliphatic rings. The first-order chi connectivity index (χ1) is 19.9. The van der Waals surface area contributed by atoms with E-state index >= 15 is 0 Å². The number of piperazine rings is 1. The Morgan fingerprint density at radius 3 is 2.54 bits per heavy atom. The van der Waals surface area contributed by atoms with Crippen molar-refractivity contribution < 1.29 is 7.48 Å². The summed E-state index contributed by atoms with van der Waals surface area (Å²) in [5.74, 6) is 1.32. The van der Waals surface area contributed by atoms with E-state index in [2.05, 4.69) is 32.2 Å². The third-order valence-corrected chi connectivity index (χ3v) is 7.55. The van der Waals surface area contributed by atoms with Gasteiger partial charge in [0.05, 0.1) is 30.6 Å². The molecule has 10 heteroatoms. The summed E-state index contributed by atoms with van der Waals surface area (Å²) in [5, 5.41) is 18.4. The lowest BCUT2D eigenvalue weighted by atomic mass is 9.87. The molecule has 3 fully saturated rings. The van der Waals surface area contributed by atoms with Crippen molar-refractivity contribution in [2.75, 3.05) is 25.1 Å². The molecule has 39 heavy (non-hydrogen) atoms. The van der Waals surface area contributed by atoms with Crippen molar-refractivity contribution in [2.45, 2.75) is 25.0 Å². The van der Waals surface area contributed by atoms with Gasteiger partial charge in [-0.25, -0.2) is 14.5 Å². The van der Waals surface area contributed by atoms with Gasteiger partial charge in [0.1, 0.15) is 11.9 Å². The molecule has 5 aromatic rings. The number of hydrogen-bond acceptors (Lipinski definition) is 8. The van der Waals surface area contributed by atoms with Gasteiger partial charge >= 0.3 is 0 Å². The van der Waals surface area contributed by atoms with E-state index in [-0.39, 0.29) is 12.1 Å². The molecule has 10 nitrogen and oxygen atoms in total. The van der Waals surface area contributed by atoms with Crippen LogP contribution in [0.1, 0.15) is 20.3 Å². The van der Waals surface area contributed by atoms with Gasteiger partial charge in [0, 0.05) is 94.6 Å². The maximum Gasteiger partial charge on any atom is 0.212 e. The zero-order valence-corrected chi connectivity index (χ0v) is 21.6. The highest BCUT2D eigenvalue weighted by Crippen LogP contribution is 2.37. The number of fused-ring (bicyclic) bond motifs is 3. The zero-order chi connectivity index (χ0) is 28.3. The first-order valence-electron chi connectivity index (χ1n) is 13.8. The van der Waals surface area contributed by atoms with Crippen molar-refractivity contribution in [2.24, 2.45) is 7.05 Å². The summed E-state index contributed by atoms with van der Waals surface area (Å²) in [6.07, 6.45) is 11.6. The van der Waals surface area contributed by atoms with Crippen LogP contribution in [0.4, 0.5) is 5.82 Å². The summed E-state index contributed by atoms with van der Waals surface area (Å²) in [7, 11) is 3.43. The SMILES string of the molecule is [2H]C([2H])(c1ccc(OC)nc1)N1C2CC1CN(c1ccc(-c3cc(-c4cnn(C)c4)cn4ncc(C#N)c34)cn1)C2. The number of piperidine rings is 1. The molecule has 2 bridgehead atoms. The lowest BCUT2D eigenvalue weighted by Crippen LogP contribution is -2.68. The van der Waals surface area contributed by atoms with Crippen LogP contribution in [0, 0.1) is 11.3 Å². The fraction of sp³-hybridized carbons (Fsp3) is 0.276. The van der Waals surface area contributed by atoms with Gasteiger partial charge in [0.15, 0.2) is 0 Å². The van der Waals surface area contributed by atoms with E-state index < -0.39 is 6.50 Å². The lowest BCUT2D eigenvalue weighted by Gasteiger charge is -2.56. The molecule has 0 aromatic carbocycles. The number of rotatable bonds is 6. The topological polar surface area (TPSA) is 100 Å². The number of anilines is 1. The summed E-state index contributed by atoms with van der Waals surface area (Å²) in [5.41, 5.74) is 5.41. The average molecular weight is 520 g/mol. The molecule has 194 valence electrons. The van der Waals surface area contributed by atoms with Crippen LogP contribution < -0.4 is 9.64 Å². The first-order valence-corrected chi connectivity index (χ1v) is 12.8. The molecule has 0 aliphatic carbocycles. The van der Waals surface area contributed by atoms with Crippen molar-refractivity contribution in [3.05, 3.63) is 78.6 Å². The molecule has 2 unspecified atom stereocenters. The maximum absolute atomic E-state index is 9.72. The van der Waals surface area contributed by atoms with Gasteiger partial charge < -0.3 is 9.64 Å². The third-order valence-electron chi connectivity index (χ3n) is 7.55. The molecular weight excluding hydrogens is 490 g/mol. The number of nitrogens with zero attached hydrogens (tertiary/aromatic N) is 9. The minimum Gasteiger partial charge on any atom is -0.481 e. The Kier molecular flexibility index (Phi) is 5.01. The van der Waals surface area contributed by atoms with Crippen LogP contribution in [-0.4, -0.2) is 66.5 Å². The summed E-state index contributed by atoms with van der Waals surface area (Å²) < 4.78 is 26.3. The predicted octanol–water partition coefficient (Wildman–Crippen LogP) is 3.54. The van der Waals surface area contributed by atoms with E-state index in [4.69, 9.17) is 12.5 Å². The van der Waals surface area contributed by atoms with Crippen LogP contribution in [0.3, 0.4) is 0 Å². The van der Waals surface area contributed by atoms with Gasteiger partial charge in [-0.3, -0.25) is 9.58 Å². The highest BCUT2D eigenvalue weighted by atomic mass is 16.5. The van der Waals surface area contributed by atoms with Gasteiger partial charge in [-0.05, 0) is 30.2 Å². The number of ether oxygens (including phenoxy) is 1. The average Bonchev–Trinajstić information content (AvgIpc) is 3.62. The van der Waals surface area contributed by atoms with Gasteiger partial charge in [0.25, 0.3) is 0 Å². The van der Waals surface area contributed by atoms with Crippen LogP contribution in [0.5, 0.6) is 5.88 Å². The number of pyridine rings is 3. The molecule has 0 spiro atoms. The maximum atomic E-state index is 9.72. The molecule has 3 aliphatic heterocycles. The van der Waals surface area contributed by atoms with Crippen molar-refractivity contribution in [1.82, 2.24) is 34.3 Å². The van der Waals surface area contributed by atoms with E-state index in [1.807, 2.05) is 42.7 Å². The van der Waals surface area contributed by atoms with Gasteiger partial charge in [-0.15, -0.1) is 0 Å². The number of aryl methyl sites for hydroxylation is 1. The first kappa shape index (κ1) is 21.2. The summed E-state index contributed by atoms with van der Waals surface area (Å²) in [6, 6.07) is 11.9.